The van der Waals surface area contributed by atoms with Crippen LogP contribution in [0.2, 0.25) is 0 Å². The number of benzene rings is 1. The van der Waals surface area contributed by atoms with Crippen LogP contribution in [0.15, 0.2) is 51.9 Å². The number of ether oxygens (including phenoxy) is 1. The van der Waals surface area contributed by atoms with Crippen molar-refractivity contribution in [3.63, 3.8) is 0 Å². The molecule has 0 N–H and O–H groups in total. The number of hydrogen-bond donors (Lipinski definition) is 0. The predicted molar refractivity (Wildman–Crippen MR) is 116 cm³/mol. The highest BCUT2D eigenvalue weighted by atomic mass is 16.5. The van der Waals surface area contributed by atoms with E-state index in [1.165, 1.54) is 0 Å². The van der Waals surface area contributed by atoms with E-state index in [-0.39, 0.29) is 11.5 Å². The first-order valence-electron chi connectivity index (χ1n) is 10.4. The molecule has 2 fully saturated rings. The molecule has 0 saturated carbocycles. The zero-order chi connectivity index (χ0) is 21.2. The average Bonchev–Trinajstić information content (AvgIpc) is 2.84. The van der Waals surface area contributed by atoms with Gasteiger partial charge in [-0.05, 0) is 12.1 Å². The standard InChI is InChI=1S/C22H23N5O4/c28-21(17-13-16-3-1-2-4-18(16)31-22(17)29)27-7-5-25(6-8-27)19-14-20(24-15-23-19)26-9-11-30-12-10-26/h1-4,13-15H,5-12H2. The fourth-order valence-corrected chi connectivity index (χ4v) is 4.00. The number of nitrogens with zero attached hydrogens (tertiary/aromatic N) is 5. The summed E-state index contributed by atoms with van der Waals surface area (Å²) in [5.74, 6) is 1.44. The van der Waals surface area contributed by atoms with Gasteiger partial charge in [0.15, 0.2) is 0 Å². The summed E-state index contributed by atoms with van der Waals surface area (Å²) in [6, 6.07) is 10.8. The molecule has 0 aliphatic carbocycles. The summed E-state index contributed by atoms with van der Waals surface area (Å²) in [5, 5.41) is 0.737. The first kappa shape index (κ1) is 19.5. The lowest BCUT2D eigenvalue weighted by Gasteiger charge is -2.35. The molecule has 2 aromatic heterocycles. The minimum Gasteiger partial charge on any atom is -0.422 e. The van der Waals surface area contributed by atoms with Crippen molar-refractivity contribution in [2.75, 3.05) is 62.3 Å². The first-order valence-corrected chi connectivity index (χ1v) is 10.4. The van der Waals surface area contributed by atoms with Crippen LogP contribution in [-0.2, 0) is 4.74 Å². The van der Waals surface area contributed by atoms with E-state index in [1.54, 1.807) is 29.4 Å². The van der Waals surface area contributed by atoms with Crippen molar-refractivity contribution in [3.05, 3.63) is 58.7 Å². The van der Waals surface area contributed by atoms with Gasteiger partial charge in [-0.2, -0.15) is 0 Å². The molecule has 2 aliphatic heterocycles. The van der Waals surface area contributed by atoms with Crippen molar-refractivity contribution in [1.82, 2.24) is 14.9 Å². The van der Waals surface area contributed by atoms with E-state index in [4.69, 9.17) is 9.15 Å². The molecule has 4 heterocycles. The molecule has 1 aromatic carbocycles. The van der Waals surface area contributed by atoms with E-state index in [1.807, 2.05) is 18.2 Å². The number of anilines is 2. The second-order valence-electron chi connectivity index (χ2n) is 7.60. The quantitative estimate of drug-likeness (QED) is 0.586. The Kier molecular flexibility index (Phi) is 5.25. The largest absolute Gasteiger partial charge is 0.422 e. The summed E-state index contributed by atoms with van der Waals surface area (Å²) in [5.41, 5.74) is -0.0467. The first-order chi connectivity index (χ1) is 15.2. The third-order valence-corrected chi connectivity index (χ3v) is 5.74. The van der Waals surface area contributed by atoms with Gasteiger partial charge in [0.1, 0.15) is 29.1 Å². The number of piperazine rings is 1. The van der Waals surface area contributed by atoms with Gasteiger partial charge in [-0.3, -0.25) is 4.79 Å². The number of amides is 1. The number of aromatic nitrogens is 2. The highest BCUT2D eigenvalue weighted by Crippen LogP contribution is 2.21. The Balaban J connectivity index is 1.28. The van der Waals surface area contributed by atoms with Crippen LogP contribution in [0.3, 0.4) is 0 Å². The summed E-state index contributed by atoms with van der Waals surface area (Å²) in [4.78, 5) is 40.1. The molecule has 5 rings (SSSR count). The van der Waals surface area contributed by atoms with Crippen LogP contribution in [0.25, 0.3) is 11.0 Å². The van der Waals surface area contributed by atoms with Gasteiger partial charge in [0.25, 0.3) is 5.91 Å². The van der Waals surface area contributed by atoms with Crippen LogP contribution in [0, 0.1) is 0 Å². The average molecular weight is 421 g/mol. The molecule has 3 aromatic rings. The van der Waals surface area contributed by atoms with Crippen LogP contribution in [0.1, 0.15) is 10.4 Å². The van der Waals surface area contributed by atoms with E-state index >= 15 is 0 Å². The van der Waals surface area contributed by atoms with E-state index in [2.05, 4.69) is 19.8 Å². The Morgan fingerprint density at radius 3 is 2.29 bits per heavy atom. The Bertz CT molecular complexity index is 1150. The summed E-state index contributed by atoms with van der Waals surface area (Å²) >= 11 is 0. The van der Waals surface area contributed by atoms with Crippen molar-refractivity contribution < 1.29 is 13.9 Å². The van der Waals surface area contributed by atoms with Crippen molar-refractivity contribution in [2.45, 2.75) is 0 Å². The molecule has 9 nitrogen and oxygen atoms in total. The maximum Gasteiger partial charge on any atom is 0.349 e. The van der Waals surface area contributed by atoms with E-state index in [0.717, 1.165) is 30.1 Å². The molecule has 31 heavy (non-hydrogen) atoms. The van der Waals surface area contributed by atoms with Crippen LogP contribution >= 0.6 is 0 Å². The smallest absolute Gasteiger partial charge is 0.349 e. The molecular weight excluding hydrogens is 398 g/mol. The number of morpholine rings is 1. The highest BCUT2D eigenvalue weighted by molar-refractivity contribution is 5.96. The monoisotopic (exact) mass is 421 g/mol. The minimum absolute atomic E-state index is 0.0730. The van der Waals surface area contributed by atoms with Crippen LogP contribution in [0.4, 0.5) is 11.6 Å². The van der Waals surface area contributed by atoms with Gasteiger partial charge in [-0.15, -0.1) is 0 Å². The number of carbonyl (C=O) groups is 1. The number of carbonyl (C=O) groups excluding carboxylic acids is 1. The number of fused-ring (bicyclic) bond motifs is 1. The maximum atomic E-state index is 13.0. The lowest BCUT2D eigenvalue weighted by Crippen LogP contribution is -2.49. The molecule has 160 valence electrons. The van der Waals surface area contributed by atoms with E-state index in [9.17, 15) is 9.59 Å². The molecule has 0 bridgehead atoms. The molecule has 0 radical (unpaired) electrons. The predicted octanol–water partition coefficient (Wildman–Crippen LogP) is 1.38. The van der Waals surface area contributed by atoms with Gasteiger partial charge in [0.05, 0.1) is 13.2 Å². The van der Waals surface area contributed by atoms with Crippen LogP contribution in [0.5, 0.6) is 0 Å². The zero-order valence-corrected chi connectivity index (χ0v) is 17.1. The Morgan fingerprint density at radius 2 is 1.55 bits per heavy atom. The second kappa shape index (κ2) is 8.35. The number of para-hydroxylation sites is 1. The molecule has 0 unspecified atom stereocenters. The molecule has 0 spiro atoms. The minimum atomic E-state index is -0.600. The summed E-state index contributed by atoms with van der Waals surface area (Å²) in [7, 11) is 0. The van der Waals surface area contributed by atoms with Gasteiger partial charge < -0.3 is 23.9 Å². The van der Waals surface area contributed by atoms with Crippen molar-refractivity contribution >= 4 is 28.5 Å². The Labute approximate surface area is 178 Å². The molecule has 2 aliphatic rings. The Morgan fingerprint density at radius 1 is 0.871 bits per heavy atom. The third-order valence-electron chi connectivity index (χ3n) is 5.74. The highest BCUT2D eigenvalue weighted by Gasteiger charge is 2.26. The molecular formula is C22H23N5O4. The topological polar surface area (TPSA) is 92.0 Å². The lowest BCUT2D eigenvalue weighted by atomic mass is 10.1. The molecule has 1 amide bonds. The third kappa shape index (κ3) is 3.96. The molecule has 0 atom stereocenters. The van der Waals surface area contributed by atoms with Crippen LogP contribution < -0.4 is 15.4 Å². The van der Waals surface area contributed by atoms with Crippen molar-refractivity contribution in [1.29, 1.82) is 0 Å². The van der Waals surface area contributed by atoms with Crippen molar-refractivity contribution in [2.24, 2.45) is 0 Å². The van der Waals surface area contributed by atoms with E-state index < -0.39 is 5.63 Å². The summed E-state index contributed by atoms with van der Waals surface area (Å²) < 4.78 is 10.7. The fraction of sp³-hybridized carbons (Fsp3) is 0.364. The van der Waals surface area contributed by atoms with Gasteiger partial charge in [-0.25, -0.2) is 14.8 Å². The number of rotatable bonds is 3. The fourth-order valence-electron chi connectivity index (χ4n) is 4.00. The Hall–Kier alpha value is -3.46. The van der Waals surface area contributed by atoms with Gasteiger partial charge in [0, 0.05) is 50.7 Å². The second-order valence-corrected chi connectivity index (χ2v) is 7.60. The van der Waals surface area contributed by atoms with E-state index in [0.29, 0.717) is 45.0 Å². The van der Waals surface area contributed by atoms with Gasteiger partial charge >= 0.3 is 5.63 Å². The molecule has 9 heteroatoms. The summed E-state index contributed by atoms with van der Waals surface area (Å²) in [6.07, 6.45) is 1.58. The van der Waals surface area contributed by atoms with Gasteiger partial charge in [-0.1, -0.05) is 18.2 Å². The van der Waals surface area contributed by atoms with Crippen LogP contribution in [-0.4, -0.2) is 73.3 Å². The number of hydrogen-bond acceptors (Lipinski definition) is 8. The van der Waals surface area contributed by atoms with Crippen molar-refractivity contribution in [3.8, 4) is 0 Å². The normalized spacial score (nSPS) is 17.2. The lowest BCUT2D eigenvalue weighted by molar-refractivity contribution is 0.0742. The molecule has 2 saturated heterocycles. The zero-order valence-electron chi connectivity index (χ0n) is 17.1. The maximum absolute atomic E-state index is 13.0. The summed E-state index contributed by atoms with van der Waals surface area (Å²) in [6.45, 7) is 5.28. The SMILES string of the molecule is O=C(c1cc2ccccc2oc1=O)N1CCN(c2cc(N3CCOCC3)ncn2)CC1. The van der Waals surface area contributed by atoms with Gasteiger partial charge in [0.2, 0.25) is 0 Å².